The van der Waals surface area contributed by atoms with Crippen LogP contribution in [0.5, 0.6) is 0 Å². The van der Waals surface area contributed by atoms with Gasteiger partial charge in [0.1, 0.15) is 0 Å². The molecule has 0 rings (SSSR count). The zero-order chi connectivity index (χ0) is 13.0. The van der Waals surface area contributed by atoms with Gasteiger partial charge in [0.2, 0.25) is 0 Å². The van der Waals surface area contributed by atoms with E-state index in [1.165, 1.54) is 0 Å². The summed E-state index contributed by atoms with van der Waals surface area (Å²) in [6, 6.07) is 0. The summed E-state index contributed by atoms with van der Waals surface area (Å²) in [6.07, 6.45) is 5.02. The molecule has 0 aromatic carbocycles. The van der Waals surface area contributed by atoms with E-state index in [9.17, 15) is 0 Å². The lowest BCUT2D eigenvalue weighted by molar-refractivity contribution is 0.342. The Kier molecular flexibility index (Phi) is 5.94. The van der Waals surface area contributed by atoms with Crippen LogP contribution < -0.4 is 0 Å². The topological polar surface area (TPSA) is 20.2 Å². The lowest BCUT2D eigenvalue weighted by Gasteiger charge is -2.29. The molecule has 0 fully saturated rings. The first-order chi connectivity index (χ1) is 7.10. The Bertz CT molecular complexity index is 277. The van der Waals surface area contributed by atoms with Gasteiger partial charge in [0.05, 0.1) is 22.8 Å². The van der Waals surface area contributed by atoms with Crippen molar-refractivity contribution in [3.05, 3.63) is 22.5 Å². The van der Waals surface area contributed by atoms with Gasteiger partial charge in [0, 0.05) is 0 Å². The molecule has 3 heteroatoms. The molecule has 0 aliphatic carbocycles. The largest absolute Gasteiger partial charge is 0.392 e. The first kappa shape index (κ1) is 15.9. The fourth-order valence-electron chi connectivity index (χ4n) is 1.75. The van der Waals surface area contributed by atoms with Crippen LogP contribution >= 0.6 is 0 Å². The third kappa shape index (κ3) is 5.28. The van der Waals surface area contributed by atoms with Gasteiger partial charge < -0.3 is 5.11 Å². The highest BCUT2D eigenvalue weighted by molar-refractivity contribution is 6.89. The molecule has 0 unspecified atom stereocenters. The molecule has 1 N–H and O–H groups in total. The van der Waals surface area contributed by atoms with Crippen LogP contribution in [0.2, 0.25) is 39.3 Å². The van der Waals surface area contributed by atoms with Crippen molar-refractivity contribution in [2.24, 2.45) is 0 Å². The zero-order valence-corrected chi connectivity index (χ0v) is 14.0. The highest BCUT2D eigenvalue weighted by Gasteiger charge is 2.26. The summed E-state index contributed by atoms with van der Waals surface area (Å²) in [5, 5.41) is 12.1. The molecule has 0 aromatic heterocycles. The highest BCUT2D eigenvalue weighted by atomic mass is 28.3. The second-order valence-corrected chi connectivity index (χ2v) is 16.8. The molecule has 94 valence electrons. The molecule has 0 aliphatic heterocycles. The Morgan fingerprint density at radius 2 is 1.44 bits per heavy atom. The van der Waals surface area contributed by atoms with Crippen molar-refractivity contribution in [3.8, 4) is 0 Å². The molecule has 1 nitrogen and oxygen atoms in total. The van der Waals surface area contributed by atoms with Crippen LogP contribution in [0.15, 0.2) is 22.5 Å². The average Bonchev–Trinajstić information content (AvgIpc) is 2.08. The molecule has 0 atom stereocenters. The minimum absolute atomic E-state index is 0.158. The number of hydrogen-bond acceptors (Lipinski definition) is 1. The summed E-state index contributed by atoms with van der Waals surface area (Å²) in [7, 11) is -2.40. The zero-order valence-electron chi connectivity index (χ0n) is 12.0. The molecule has 0 radical (unpaired) electrons. The third-order valence-electron chi connectivity index (χ3n) is 3.08. The van der Waals surface area contributed by atoms with E-state index in [2.05, 4.69) is 52.3 Å². The molecule has 0 bridgehead atoms. The van der Waals surface area contributed by atoms with Gasteiger partial charge in [0.15, 0.2) is 0 Å². The van der Waals surface area contributed by atoms with Crippen molar-refractivity contribution in [3.63, 3.8) is 0 Å². The number of rotatable bonds is 5. The van der Waals surface area contributed by atoms with Crippen LogP contribution in [-0.2, 0) is 0 Å². The number of aliphatic hydroxyl groups excluding tert-OH is 1. The van der Waals surface area contributed by atoms with Crippen LogP contribution in [0.3, 0.4) is 0 Å². The summed E-state index contributed by atoms with van der Waals surface area (Å²) >= 11 is 0. The van der Waals surface area contributed by atoms with E-state index in [1.54, 1.807) is 10.4 Å². The van der Waals surface area contributed by atoms with E-state index in [-0.39, 0.29) is 6.61 Å². The normalized spacial score (nSPS) is 15.5. The molecular formula is C13H28OSi2. The quantitative estimate of drug-likeness (QED) is 0.582. The molecule has 0 saturated carbocycles. The van der Waals surface area contributed by atoms with Crippen molar-refractivity contribution >= 4 is 16.1 Å². The Hall–Kier alpha value is -0.126. The van der Waals surface area contributed by atoms with E-state index in [1.807, 2.05) is 6.08 Å². The summed E-state index contributed by atoms with van der Waals surface area (Å²) < 4.78 is 0. The standard InChI is InChI=1S/C13H28OSi2/c1-12(15(2,3)4)13(16(5,6)7)10-8-9-11-14/h8-9,14H,10-11H2,1-7H3/b9-8+,13-12+. The maximum Gasteiger partial charge on any atom is 0.0722 e. The van der Waals surface area contributed by atoms with Gasteiger partial charge in [-0.05, 0) is 13.3 Å². The lowest BCUT2D eigenvalue weighted by atomic mass is 10.3. The van der Waals surface area contributed by atoms with E-state index in [0.29, 0.717) is 0 Å². The number of hydrogen-bond donors (Lipinski definition) is 1. The Morgan fingerprint density at radius 3 is 1.75 bits per heavy atom. The second-order valence-electron chi connectivity index (χ2n) is 6.46. The Morgan fingerprint density at radius 1 is 0.938 bits per heavy atom. The fourth-order valence-corrected chi connectivity index (χ4v) is 6.86. The monoisotopic (exact) mass is 256 g/mol. The predicted octanol–water partition coefficient (Wildman–Crippen LogP) is 4.00. The summed E-state index contributed by atoms with van der Waals surface area (Å²) in [6.45, 7) is 17.0. The highest BCUT2D eigenvalue weighted by Crippen LogP contribution is 2.27. The second kappa shape index (κ2) is 5.98. The SMILES string of the molecule is C/C(=C(/C/C=C/CO)[Si](C)(C)C)[Si](C)(C)C. The Balaban J connectivity index is 5.18. The molecule has 0 saturated heterocycles. The van der Waals surface area contributed by atoms with Gasteiger partial charge in [-0.1, -0.05) is 61.8 Å². The van der Waals surface area contributed by atoms with E-state index >= 15 is 0 Å². The van der Waals surface area contributed by atoms with Crippen LogP contribution in [0.25, 0.3) is 0 Å². The van der Waals surface area contributed by atoms with Crippen molar-refractivity contribution in [2.45, 2.75) is 52.6 Å². The molecule has 0 aromatic rings. The van der Waals surface area contributed by atoms with Crippen LogP contribution in [0.4, 0.5) is 0 Å². The minimum atomic E-state index is -1.23. The maximum absolute atomic E-state index is 8.80. The van der Waals surface area contributed by atoms with Gasteiger partial charge in [-0.3, -0.25) is 0 Å². The first-order valence-electron chi connectivity index (χ1n) is 6.07. The average molecular weight is 257 g/mol. The van der Waals surface area contributed by atoms with Gasteiger partial charge >= 0.3 is 0 Å². The summed E-state index contributed by atoms with van der Waals surface area (Å²) in [4.78, 5) is 0. The van der Waals surface area contributed by atoms with Gasteiger partial charge in [0.25, 0.3) is 0 Å². The number of aliphatic hydroxyl groups is 1. The van der Waals surface area contributed by atoms with Gasteiger partial charge in [-0.2, -0.15) is 0 Å². The van der Waals surface area contributed by atoms with Crippen LogP contribution in [-0.4, -0.2) is 27.9 Å². The smallest absolute Gasteiger partial charge is 0.0722 e. The first-order valence-corrected chi connectivity index (χ1v) is 13.1. The predicted molar refractivity (Wildman–Crippen MR) is 80.2 cm³/mol. The Labute approximate surface area is 103 Å². The van der Waals surface area contributed by atoms with Crippen molar-refractivity contribution < 1.29 is 5.11 Å². The minimum Gasteiger partial charge on any atom is -0.392 e. The molecular weight excluding hydrogens is 228 g/mol. The van der Waals surface area contributed by atoms with E-state index < -0.39 is 16.1 Å². The summed E-state index contributed by atoms with van der Waals surface area (Å²) in [5.41, 5.74) is 0. The molecule has 0 aliphatic rings. The molecule has 0 spiro atoms. The third-order valence-corrected chi connectivity index (χ3v) is 8.27. The van der Waals surface area contributed by atoms with Gasteiger partial charge in [-0.25, -0.2) is 0 Å². The molecule has 0 amide bonds. The van der Waals surface area contributed by atoms with E-state index in [0.717, 1.165) is 6.42 Å². The van der Waals surface area contributed by atoms with Gasteiger partial charge in [-0.15, -0.1) is 0 Å². The van der Waals surface area contributed by atoms with Crippen molar-refractivity contribution in [2.75, 3.05) is 6.61 Å². The lowest BCUT2D eigenvalue weighted by Crippen LogP contribution is -2.32. The van der Waals surface area contributed by atoms with Crippen LogP contribution in [0, 0.1) is 0 Å². The summed E-state index contributed by atoms with van der Waals surface area (Å²) in [5.74, 6) is 0. The molecule has 0 heterocycles. The maximum atomic E-state index is 8.80. The molecule has 16 heavy (non-hydrogen) atoms. The number of allylic oxidation sites excluding steroid dienone is 3. The fraction of sp³-hybridized carbons (Fsp3) is 0.692. The van der Waals surface area contributed by atoms with Crippen molar-refractivity contribution in [1.29, 1.82) is 0 Å². The van der Waals surface area contributed by atoms with Crippen LogP contribution in [0.1, 0.15) is 13.3 Å². The van der Waals surface area contributed by atoms with E-state index in [4.69, 9.17) is 5.11 Å². The van der Waals surface area contributed by atoms with Crippen molar-refractivity contribution in [1.82, 2.24) is 0 Å².